The fraction of sp³-hybridized carbons (Fsp3) is 0.333. The van der Waals surface area contributed by atoms with E-state index in [2.05, 4.69) is 25.6 Å². The highest BCUT2D eigenvalue weighted by atomic mass is 16.5. The molecule has 10 heteroatoms. The second-order valence-corrected chi connectivity index (χ2v) is 4.55. The Labute approximate surface area is 144 Å². The Morgan fingerprint density at radius 2 is 1.64 bits per heavy atom. The number of amides is 2. The minimum atomic E-state index is -0.557. The Balaban J connectivity index is 2.05. The quantitative estimate of drug-likeness (QED) is 0.690. The van der Waals surface area contributed by atoms with E-state index in [1.165, 1.54) is 14.2 Å². The number of carbonyl (C=O) groups is 1. The molecule has 0 fully saturated rings. The zero-order valence-corrected chi connectivity index (χ0v) is 14.1. The van der Waals surface area contributed by atoms with Gasteiger partial charge in [0, 0.05) is 7.11 Å². The number of rotatable bonds is 8. The lowest BCUT2D eigenvalue weighted by atomic mass is 10.3. The first-order valence-electron chi connectivity index (χ1n) is 7.29. The molecule has 0 aliphatic carbocycles. The number of nitrogens with zero attached hydrogens (tertiary/aromatic N) is 3. The van der Waals surface area contributed by atoms with Crippen molar-refractivity contribution in [1.29, 1.82) is 0 Å². The molecule has 25 heavy (non-hydrogen) atoms. The van der Waals surface area contributed by atoms with Crippen LogP contribution in [0.15, 0.2) is 24.3 Å². The van der Waals surface area contributed by atoms with E-state index >= 15 is 0 Å². The molecular weight excluding hydrogens is 330 g/mol. The van der Waals surface area contributed by atoms with Crippen LogP contribution in [-0.4, -0.2) is 55.5 Å². The fourth-order valence-electron chi connectivity index (χ4n) is 1.76. The van der Waals surface area contributed by atoms with Gasteiger partial charge in [-0.1, -0.05) is 12.1 Å². The van der Waals surface area contributed by atoms with Crippen LogP contribution >= 0.6 is 0 Å². The van der Waals surface area contributed by atoms with Crippen LogP contribution in [0, 0.1) is 0 Å². The molecule has 10 nitrogen and oxygen atoms in total. The molecule has 2 amide bonds. The summed E-state index contributed by atoms with van der Waals surface area (Å²) < 4.78 is 20.3. The first-order chi connectivity index (χ1) is 12.2. The second kappa shape index (κ2) is 9.23. The van der Waals surface area contributed by atoms with Crippen molar-refractivity contribution in [2.75, 3.05) is 45.2 Å². The summed E-state index contributed by atoms with van der Waals surface area (Å²) in [6.07, 6.45) is 0. The van der Waals surface area contributed by atoms with Crippen molar-refractivity contribution in [3.63, 3.8) is 0 Å². The predicted octanol–water partition coefficient (Wildman–Crippen LogP) is 1.56. The Morgan fingerprint density at radius 1 is 0.960 bits per heavy atom. The van der Waals surface area contributed by atoms with Crippen LogP contribution in [0.5, 0.6) is 17.8 Å². The Bertz CT molecular complexity index is 690. The third-order valence-corrected chi connectivity index (χ3v) is 2.87. The summed E-state index contributed by atoms with van der Waals surface area (Å²) in [6, 6.07) is 6.49. The molecule has 1 aromatic carbocycles. The van der Waals surface area contributed by atoms with Crippen molar-refractivity contribution < 1.29 is 23.7 Å². The molecule has 0 atom stereocenters. The lowest BCUT2D eigenvalue weighted by molar-refractivity contribution is 0.146. The molecule has 2 aromatic rings. The topological polar surface area (TPSA) is 117 Å². The van der Waals surface area contributed by atoms with Crippen LogP contribution in [0.25, 0.3) is 0 Å². The van der Waals surface area contributed by atoms with E-state index in [1.807, 2.05) is 0 Å². The van der Waals surface area contributed by atoms with E-state index in [9.17, 15) is 4.79 Å². The van der Waals surface area contributed by atoms with Gasteiger partial charge in [0.25, 0.3) is 0 Å². The van der Waals surface area contributed by atoms with E-state index in [4.69, 9.17) is 18.9 Å². The first-order valence-corrected chi connectivity index (χ1v) is 7.29. The van der Waals surface area contributed by atoms with Crippen LogP contribution in [-0.2, 0) is 4.74 Å². The van der Waals surface area contributed by atoms with Crippen molar-refractivity contribution in [2.24, 2.45) is 0 Å². The Hall–Kier alpha value is -3.14. The van der Waals surface area contributed by atoms with Crippen molar-refractivity contribution in [1.82, 2.24) is 15.0 Å². The molecule has 0 bridgehead atoms. The van der Waals surface area contributed by atoms with Gasteiger partial charge in [0.15, 0.2) is 0 Å². The highest BCUT2D eigenvalue weighted by molar-refractivity contribution is 5.99. The van der Waals surface area contributed by atoms with Gasteiger partial charge in [0.2, 0.25) is 5.95 Å². The number of aromatic nitrogens is 3. The number of para-hydroxylation sites is 2. The van der Waals surface area contributed by atoms with Crippen LogP contribution < -0.4 is 24.8 Å². The summed E-state index contributed by atoms with van der Waals surface area (Å²) in [5, 5.41) is 5.14. The molecule has 0 radical (unpaired) electrons. The summed E-state index contributed by atoms with van der Waals surface area (Å²) >= 11 is 0. The highest BCUT2D eigenvalue weighted by Gasteiger charge is 2.12. The molecule has 2 N–H and O–H groups in total. The number of ether oxygens (including phenoxy) is 4. The van der Waals surface area contributed by atoms with Gasteiger partial charge in [0.1, 0.15) is 12.4 Å². The third-order valence-electron chi connectivity index (χ3n) is 2.87. The van der Waals surface area contributed by atoms with Gasteiger partial charge in [-0.2, -0.15) is 9.97 Å². The van der Waals surface area contributed by atoms with E-state index < -0.39 is 6.03 Å². The Kier molecular flexibility index (Phi) is 6.72. The largest absolute Gasteiger partial charge is 0.489 e. The van der Waals surface area contributed by atoms with Gasteiger partial charge in [-0.25, -0.2) is 4.79 Å². The van der Waals surface area contributed by atoms with Gasteiger partial charge >= 0.3 is 18.1 Å². The maximum atomic E-state index is 12.2. The van der Waals surface area contributed by atoms with E-state index in [1.54, 1.807) is 31.4 Å². The second-order valence-electron chi connectivity index (χ2n) is 4.55. The van der Waals surface area contributed by atoms with Gasteiger partial charge in [-0.05, 0) is 12.1 Å². The van der Waals surface area contributed by atoms with Crippen LogP contribution in [0.2, 0.25) is 0 Å². The molecule has 0 unspecified atom stereocenters. The first kappa shape index (κ1) is 18.2. The molecule has 0 saturated carbocycles. The van der Waals surface area contributed by atoms with E-state index in [0.29, 0.717) is 24.7 Å². The zero-order valence-electron chi connectivity index (χ0n) is 14.1. The minimum absolute atomic E-state index is 0.0148. The number of urea groups is 1. The predicted molar refractivity (Wildman–Crippen MR) is 89.4 cm³/mol. The molecule has 0 spiro atoms. The summed E-state index contributed by atoms with van der Waals surface area (Å²) in [5.74, 6) is 0.500. The molecule has 0 aliphatic rings. The zero-order chi connectivity index (χ0) is 18.1. The fourth-order valence-corrected chi connectivity index (χ4v) is 1.76. The summed E-state index contributed by atoms with van der Waals surface area (Å²) in [5.41, 5.74) is 0.490. The van der Waals surface area contributed by atoms with Gasteiger partial charge in [-0.3, -0.25) is 5.32 Å². The number of benzene rings is 1. The third kappa shape index (κ3) is 5.46. The van der Waals surface area contributed by atoms with E-state index in [-0.39, 0.29) is 18.0 Å². The van der Waals surface area contributed by atoms with Crippen molar-refractivity contribution >= 4 is 17.7 Å². The molecule has 2 rings (SSSR count). The number of nitrogens with one attached hydrogen (secondary N) is 2. The minimum Gasteiger partial charge on any atom is -0.489 e. The number of hydrogen-bond donors (Lipinski definition) is 2. The van der Waals surface area contributed by atoms with Gasteiger partial charge < -0.3 is 24.3 Å². The van der Waals surface area contributed by atoms with Crippen LogP contribution in [0.3, 0.4) is 0 Å². The normalized spacial score (nSPS) is 10.0. The maximum Gasteiger partial charge on any atom is 0.326 e. The van der Waals surface area contributed by atoms with Crippen molar-refractivity contribution in [2.45, 2.75) is 0 Å². The molecule has 1 aromatic heterocycles. The molecule has 1 heterocycles. The Morgan fingerprint density at radius 3 is 2.28 bits per heavy atom. The molecular formula is C15H19N5O5. The number of anilines is 2. The molecule has 0 aliphatic heterocycles. The SMILES string of the molecule is COCCOc1ccccc1NC(=O)Nc1nc(OC)nc(OC)n1. The standard InChI is InChI=1S/C15H19N5O5/c1-22-8-9-25-11-7-5-4-6-10(11)16-13(21)17-12-18-14(23-2)20-15(19-12)24-3/h4-7H,8-9H2,1-3H3,(H2,16,17,18,19,20,21). The average molecular weight is 349 g/mol. The average Bonchev–Trinajstić information content (AvgIpc) is 2.62. The monoisotopic (exact) mass is 349 g/mol. The summed E-state index contributed by atoms with van der Waals surface area (Å²) in [7, 11) is 4.37. The number of hydrogen-bond acceptors (Lipinski definition) is 8. The van der Waals surface area contributed by atoms with Crippen LogP contribution in [0.4, 0.5) is 16.4 Å². The molecule has 0 saturated heterocycles. The highest BCUT2D eigenvalue weighted by Crippen LogP contribution is 2.24. The lowest BCUT2D eigenvalue weighted by Gasteiger charge is -2.12. The van der Waals surface area contributed by atoms with Gasteiger partial charge in [0.05, 0.1) is 26.5 Å². The molecule has 134 valence electrons. The smallest absolute Gasteiger partial charge is 0.326 e. The lowest BCUT2D eigenvalue weighted by Crippen LogP contribution is -2.22. The van der Waals surface area contributed by atoms with Gasteiger partial charge in [-0.15, -0.1) is 4.98 Å². The number of carbonyl (C=O) groups excluding carboxylic acids is 1. The van der Waals surface area contributed by atoms with E-state index in [0.717, 1.165) is 0 Å². The summed E-state index contributed by atoms with van der Waals surface area (Å²) in [6.45, 7) is 0.795. The van der Waals surface area contributed by atoms with Crippen molar-refractivity contribution in [3.05, 3.63) is 24.3 Å². The summed E-state index contributed by atoms with van der Waals surface area (Å²) in [4.78, 5) is 23.9. The van der Waals surface area contributed by atoms with Crippen molar-refractivity contribution in [3.8, 4) is 17.8 Å². The van der Waals surface area contributed by atoms with Crippen LogP contribution in [0.1, 0.15) is 0 Å². The number of methoxy groups -OCH3 is 3. The maximum absolute atomic E-state index is 12.2.